The van der Waals surface area contributed by atoms with Gasteiger partial charge >= 0.3 is 0 Å². The first-order chi connectivity index (χ1) is 11.6. The highest BCUT2D eigenvalue weighted by atomic mass is 35.5. The fourth-order valence-electron chi connectivity index (χ4n) is 2.91. The molecule has 24 heavy (non-hydrogen) atoms. The minimum absolute atomic E-state index is 0.128. The van der Waals surface area contributed by atoms with Crippen LogP contribution in [0.3, 0.4) is 0 Å². The van der Waals surface area contributed by atoms with E-state index in [1.165, 1.54) is 0 Å². The fraction of sp³-hybridized carbons (Fsp3) is 0. The number of fused-ring (bicyclic) bond motifs is 1. The Hall–Kier alpha value is -2.49. The number of benzene rings is 2. The number of carbonyl (C=O) groups is 1. The van der Waals surface area contributed by atoms with Gasteiger partial charge in [0.15, 0.2) is 0 Å². The van der Waals surface area contributed by atoms with Crippen LogP contribution in [0.5, 0.6) is 0 Å². The molecular formula is C19H12Cl2N2O. The summed E-state index contributed by atoms with van der Waals surface area (Å²) >= 11 is 12.4. The van der Waals surface area contributed by atoms with Crippen LogP contribution in [-0.4, -0.2) is 10.9 Å². The predicted octanol–water partition coefficient (Wildman–Crippen LogP) is 5.48. The Labute approximate surface area is 148 Å². The van der Waals surface area contributed by atoms with Crippen molar-refractivity contribution in [2.45, 2.75) is 0 Å². The summed E-state index contributed by atoms with van der Waals surface area (Å²) in [6.07, 6.45) is 3.66. The van der Waals surface area contributed by atoms with Crippen LogP contribution < -0.4 is 5.32 Å². The van der Waals surface area contributed by atoms with E-state index in [0.717, 1.165) is 28.1 Å². The molecule has 0 saturated heterocycles. The summed E-state index contributed by atoms with van der Waals surface area (Å²) < 4.78 is 0. The molecule has 0 fully saturated rings. The van der Waals surface area contributed by atoms with E-state index in [0.29, 0.717) is 15.6 Å². The van der Waals surface area contributed by atoms with Crippen molar-refractivity contribution in [1.82, 2.24) is 4.98 Å². The zero-order valence-electron chi connectivity index (χ0n) is 12.4. The van der Waals surface area contributed by atoms with Crippen molar-refractivity contribution >= 4 is 46.4 Å². The number of anilines is 1. The maximum Gasteiger partial charge on any atom is 0.256 e. The molecule has 0 unspecified atom stereocenters. The highest BCUT2D eigenvalue weighted by Crippen LogP contribution is 2.42. The van der Waals surface area contributed by atoms with Crippen molar-refractivity contribution in [3.63, 3.8) is 0 Å². The summed E-state index contributed by atoms with van der Waals surface area (Å²) in [6.45, 7) is 0. The highest BCUT2D eigenvalue weighted by Gasteiger charge is 2.27. The fourth-order valence-corrected chi connectivity index (χ4v) is 3.42. The molecule has 3 nitrogen and oxygen atoms in total. The molecule has 0 atom stereocenters. The van der Waals surface area contributed by atoms with Crippen LogP contribution in [0.1, 0.15) is 11.3 Å². The van der Waals surface area contributed by atoms with E-state index in [1.807, 2.05) is 48.7 Å². The third-order valence-electron chi connectivity index (χ3n) is 3.97. The van der Waals surface area contributed by atoms with E-state index in [2.05, 4.69) is 10.3 Å². The molecule has 2 heterocycles. The van der Waals surface area contributed by atoms with Crippen molar-refractivity contribution in [2.24, 2.45) is 0 Å². The van der Waals surface area contributed by atoms with E-state index < -0.39 is 0 Å². The molecule has 1 aliphatic heterocycles. The number of halogens is 2. The molecule has 5 heteroatoms. The summed E-state index contributed by atoms with van der Waals surface area (Å²) in [5.74, 6) is -0.128. The Bertz CT molecular complexity index is 975. The van der Waals surface area contributed by atoms with Gasteiger partial charge in [-0.25, -0.2) is 0 Å². The van der Waals surface area contributed by atoms with Crippen LogP contribution in [-0.2, 0) is 4.79 Å². The second-order valence-corrected chi connectivity index (χ2v) is 6.33. The first-order valence-corrected chi connectivity index (χ1v) is 8.14. The van der Waals surface area contributed by atoms with E-state index in [9.17, 15) is 4.79 Å². The Balaban J connectivity index is 1.94. The van der Waals surface area contributed by atoms with Crippen LogP contribution >= 0.6 is 23.2 Å². The van der Waals surface area contributed by atoms with Gasteiger partial charge in [0.05, 0.1) is 5.57 Å². The first kappa shape index (κ1) is 15.1. The summed E-state index contributed by atoms with van der Waals surface area (Å²) in [4.78, 5) is 15.5. The van der Waals surface area contributed by atoms with Gasteiger partial charge in [0.1, 0.15) is 0 Å². The lowest BCUT2D eigenvalue weighted by Gasteiger charge is -2.10. The van der Waals surface area contributed by atoms with Crippen molar-refractivity contribution < 1.29 is 4.79 Å². The molecule has 0 aliphatic carbocycles. The molecule has 0 spiro atoms. The normalized spacial score (nSPS) is 14.8. The number of nitrogens with one attached hydrogen (secondary N) is 2. The number of carbonyl (C=O) groups excluding carboxylic acids is 1. The van der Waals surface area contributed by atoms with Crippen LogP contribution in [0.25, 0.3) is 22.8 Å². The van der Waals surface area contributed by atoms with E-state index in [-0.39, 0.29) is 5.91 Å². The summed E-state index contributed by atoms with van der Waals surface area (Å²) in [5.41, 5.74) is 4.83. The number of aromatic amines is 1. The summed E-state index contributed by atoms with van der Waals surface area (Å²) in [7, 11) is 0. The lowest BCUT2D eigenvalue weighted by atomic mass is 9.94. The van der Waals surface area contributed by atoms with Gasteiger partial charge < -0.3 is 10.3 Å². The zero-order valence-corrected chi connectivity index (χ0v) is 13.9. The molecule has 0 bridgehead atoms. The van der Waals surface area contributed by atoms with Crippen LogP contribution in [0, 0.1) is 0 Å². The average Bonchev–Trinajstić information content (AvgIpc) is 3.16. The van der Waals surface area contributed by atoms with Gasteiger partial charge in [-0.1, -0.05) is 41.4 Å². The van der Waals surface area contributed by atoms with Gasteiger partial charge in [-0.15, -0.1) is 0 Å². The molecular weight excluding hydrogens is 343 g/mol. The lowest BCUT2D eigenvalue weighted by molar-refractivity contribution is -0.110. The van der Waals surface area contributed by atoms with Crippen LogP contribution in [0.2, 0.25) is 10.0 Å². The van der Waals surface area contributed by atoms with Crippen molar-refractivity contribution in [3.8, 4) is 11.1 Å². The summed E-state index contributed by atoms with van der Waals surface area (Å²) in [6, 6.07) is 14.9. The van der Waals surface area contributed by atoms with Crippen molar-refractivity contribution in [2.75, 3.05) is 5.32 Å². The molecule has 4 rings (SSSR count). The average molecular weight is 355 g/mol. The molecule has 2 N–H and O–H groups in total. The van der Waals surface area contributed by atoms with Gasteiger partial charge in [0.2, 0.25) is 0 Å². The molecule has 3 aromatic rings. The predicted molar refractivity (Wildman–Crippen MR) is 99.2 cm³/mol. The van der Waals surface area contributed by atoms with Gasteiger partial charge in [0, 0.05) is 38.8 Å². The number of amides is 1. The maximum atomic E-state index is 12.4. The smallest absolute Gasteiger partial charge is 0.256 e. The largest absolute Gasteiger partial charge is 0.362 e. The maximum absolute atomic E-state index is 12.4. The molecule has 1 aromatic heterocycles. The number of rotatable bonds is 2. The second-order valence-electron chi connectivity index (χ2n) is 5.49. The van der Waals surface area contributed by atoms with Crippen molar-refractivity contribution in [3.05, 3.63) is 76.0 Å². The monoisotopic (exact) mass is 354 g/mol. The van der Waals surface area contributed by atoms with Crippen LogP contribution in [0.15, 0.2) is 54.7 Å². The van der Waals surface area contributed by atoms with E-state index in [1.54, 1.807) is 12.1 Å². The minimum atomic E-state index is -0.128. The van der Waals surface area contributed by atoms with E-state index in [4.69, 9.17) is 23.2 Å². The number of H-pyrrole nitrogens is 1. The Kier molecular flexibility index (Phi) is 3.68. The molecule has 0 radical (unpaired) electrons. The van der Waals surface area contributed by atoms with Gasteiger partial charge in [0.25, 0.3) is 5.91 Å². The number of aromatic nitrogens is 1. The van der Waals surface area contributed by atoms with Crippen molar-refractivity contribution in [1.29, 1.82) is 0 Å². The van der Waals surface area contributed by atoms with E-state index >= 15 is 0 Å². The molecule has 2 aromatic carbocycles. The standard InChI is InChI=1S/C19H12Cl2N2O/c20-11-6-7-13(16(21)9-11)14-4-1-5-17-18(14)15(19(24)23-17)10-12-3-2-8-22-12/h1-10,22H,(H,23,24)/b15-10-. The van der Waals surface area contributed by atoms with Crippen LogP contribution in [0.4, 0.5) is 5.69 Å². The second kappa shape index (κ2) is 5.86. The Morgan fingerprint density at radius 1 is 0.958 bits per heavy atom. The molecule has 1 amide bonds. The quantitative estimate of drug-likeness (QED) is 0.588. The molecule has 118 valence electrons. The Morgan fingerprint density at radius 3 is 2.58 bits per heavy atom. The Morgan fingerprint density at radius 2 is 1.83 bits per heavy atom. The van der Waals surface area contributed by atoms with Gasteiger partial charge in [-0.2, -0.15) is 0 Å². The highest BCUT2D eigenvalue weighted by molar-refractivity contribution is 6.38. The minimum Gasteiger partial charge on any atom is -0.362 e. The number of hydrogen-bond acceptors (Lipinski definition) is 1. The van der Waals surface area contributed by atoms with Gasteiger partial charge in [-0.05, 0) is 42.0 Å². The van der Waals surface area contributed by atoms with Gasteiger partial charge in [-0.3, -0.25) is 4.79 Å². The SMILES string of the molecule is O=C1Nc2cccc(-c3ccc(Cl)cc3Cl)c2/C1=C/c1ccc[nH]1. The lowest BCUT2D eigenvalue weighted by Crippen LogP contribution is -2.03. The molecule has 1 aliphatic rings. The zero-order chi connectivity index (χ0) is 16.7. The molecule has 0 saturated carbocycles. The third-order valence-corrected chi connectivity index (χ3v) is 4.52. The third kappa shape index (κ3) is 2.52. The first-order valence-electron chi connectivity index (χ1n) is 7.39. The topological polar surface area (TPSA) is 44.9 Å². The number of hydrogen-bond donors (Lipinski definition) is 2. The summed E-state index contributed by atoms with van der Waals surface area (Å²) in [5, 5.41) is 4.04.